The number of carbonyl (C=O) groups is 2. The molecule has 2 aromatic rings. The molecule has 3 N–H and O–H groups in total. The van der Waals surface area contributed by atoms with Crippen LogP contribution in [-0.2, 0) is 7.05 Å². The largest absolute Gasteiger partial charge is 0.477 e. The molecular weight excluding hydrogens is 236 g/mol. The molecule has 0 aliphatic heterocycles. The van der Waals surface area contributed by atoms with Crippen LogP contribution in [0, 0.1) is 6.92 Å². The average Bonchev–Trinajstić information content (AvgIpc) is 2.88. The molecule has 0 aliphatic rings. The van der Waals surface area contributed by atoms with E-state index in [1.807, 2.05) is 13.0 Å². The van der Waals surface area contributed by atoms with Gasteiger partial charge in [0, 0.05) is 18.8 Å². The van der Waals surface area contributed by atoms with Crippen LogP contribution in [-0.4, -0.2) is 31.7 Å². The second kappa shape index (κ2) is 4.36. The van der Waals surface area contributed by atoms with E-state index in [4.69, 9.17) is 5.11 Å². The molecule has 1 amide bonds. The Labute approximate surface area is 102 Å². The fraction of sp³-hybridized carbons (Fsp3) is 0.182. The molecule has 0 aliphatic carbocycles. The van der Waals surface area contributed by atoms with Gasteiger partial charge in [-0.05, 0) is 19.1 Å². The Balaban J connectivity index is 2.16. The van der Waals surface area contributed by atoms with E-state index in [0.29, 0.717) is 5.69 Å². The molecule has 94 valence electrons. The summed E-state index contributed by atoms with van der Waals surface area (Å²) < 4.78 is 1.74. The summed E-state index contributed by atoms with van der Waals surface area (Å²) in [4.78, 5) is 22.5. The molecule has 0 saturated heterocycles. The zero-order valence-corrected chi connectivity index (χ0v) is 9.89. The number of nitrogens with one attached hydrogen (secondary N) is 2. The van der Waals surface area contributed by atoms with Crippen molar-refractivity contribution < 1.29 is 14.7 Å². The minimum absolute atomic E-state index is 0.0756. The second-order valence-corrected chi connectivity index (χ2v) is 3.85. The third kappa shape index (κ3) is 2.10. The summed E-state index contributed by atoms with van der Waals surface area (Å²) in [6.45, 7) is 1.88. The molecule has 0 atom stereocenters. The van der Waals surface area contributed by atoms with Crippen LogP contribution in [0.15, 0.2) is 18.2 Å². The van der Waals surface area contributed by atoms with Crippen molar-refractivity contribution in [1.29, 1.82) is 0 Å². The number of aromatic carboxylic acids is 1. The summed E-state index contributed by atoms with van der Waals surface area (Å²) in [6.07, 6.45) is 0. The van der Waals surface area contributed by atoms with Gasteiger partial charge >= 0.3 is 5.97 Å². The first-order valence-corrected chi connectivity index (χ1v) is 5.21. The molecule has 0 saturated carbocycles. The number of carboxylic acids is 1. The number of nitrogens with zero attached hydrogens (tertiary/aromatic N) is 2. The number of aromatic nitrogens is 3. The Morgan fingerprint density at radius 3 is 2.67 bits per heavy atom. The quantitative estimate of drug-likeness (QED) is 0.754. The zero-order valence-electron chi connectivity index (χ0n) is 9.89. The molecule has 7 nitrogen and oxygen atoms in total. The highest BCUT2D eigenvalue weighted by Gasteiger charge is 2.14. The topological polar surface area (TPSA) is 100 Å². The fourth-order valence-electron chi connectivity index (χ4n) is 1.52. The highest BCUT2D eigenvalue weighted by Crippen LogP contribution is 2.10. The highest BCUT2D eigenvalue weighted by molar-refractivity contribution is 6.03. The molecule has 2 heterocycles. The van der Waals surface area contributed by atoms with Crippen molar-refractivity contribution in [1.82, 2.24) is 14.8 Å². The molecule has 0 aromatic carbocycles. The normalized spacial score (nSPS) is 10.3. The number of carboxylic acid groups (broad SMARTS) is 1. The number of aromatic amines is 1. The van der Waals surface area contributed by atoms with Gasteiger partial charge in [-0.2, -0.15) is 5.10 Å². The Kier molecular flexibility index (Phi) is 2.88. The van der Waals surface area contributed by atoms with Crippen molar-refractivity contribution in [2.75, 3.05) is 5.32 Å². The van der Waals surface area contributed by atoms with Crippen LogP contribution in [0.1, 0.15) is 26.7 Å². The Morgan fingerprint density at radius 2 is 2.17 bits per heavy atom. The van der Waals surface area contributed by atoms with Gasteiger partial charge in [0.15, 0.2) is 5.82 Å². The van der Waals surface area contributed by atoms with E-state index in [-0.39, 0.29) is 17.4 Å². The van der Waals surface area contributed by atoms with Crippen molar-refractivity contribution in [3.05, 3.63) is 35.3 Å². The summed E-state index contributed by atoms with van der Waals surface area (Å²) in [5.74, 6) is -1.29. The fourth-order valence-corrected chi connectivity index (χ4v) is 1.52. The third-order valence-corrected chi connectivity index (χ3v) is 2.66. The van der Waals surface area contributed by atoms with Gasteiger partial charge in [-0.15, -0.1) is 0 Å². The second-order valence-electron chi connectivity index (χ2n) is 3.85. The summed E-state index contributed by atoms with van der Waals surface area (Å²) >= 11 is 0. The minimum atomic E-state index is -1.13. The van der Waals surface area contributed by atoms with Crippen LogP contribution in [0.5, 0.6) is 0 Å². The van der Waals surface area contributed by atoms with E-state index in [1.54, 1.807) is 17.7 Å². The SMILES string of the molecule is Cc1ccc(C(=O)Nc2cc(C(=O)O)[nH]n2)n1C. The van der Waals surface area contributed by atoms with Gasteiger partial charge in [-0.25, -0.2) is 4.79 Å². The molecule has 0 fully saturated rings. The van der Waals surface area contributed by atoms with Gasteiger partial charge in [0.1, 0.15) is 11.4 Å². The van der Waals surface area contributed by atoms with E-state index in [2.05, 4.69) is 15.5 Å². The Morgan fingerprint density at radius 1 is 1.44 bits per heavy atom. The molecule has 0 unspecified atom stereocenters. The van der Waals surface area contributed by atoms with Crippen molar-refractivity contribution in [3.8, 4) is 0 Å². The lowest BCUT2D eigenvalue weighted by Gasteiger charge is -2.04. The number of aryl methyl sites for hydroxylation is 1. The van der Waals surface area contributed by atoms with E-state index in [9.17, 15) is 9.59 Å². The summed E-state index contributed by atoms with van der Waals surface area (Å²) in [7, 11) is 1.78. The highest BCUT2D eigenvalue weighted by atomic mass is 16.4. The van der Waals surface area contributed by atoms with Crippen LogP contribution in [0.25, 0.3) is 0 Å². The minimum Gasteiger partial charge on any atom is -0.477 e. The molecule has 0 radical (unpaired) electrons. The van der Waals surface area contributed by atoms with Gasteiger partial charge in [-0.3, -0.25) is 9.89 Å². The van der Waals surface area contributed by atoms with Crippen molar-refractivity contribution in [2.45, 2.75) is 6.92 Å². The molecule has 2 rings (SSSR count). The summed E-state index contributed by atoms with van der Waals surface area (Å²) in [5, 5.41) is 17.2. The number of hydrogen-bond donors (Lipinski definition) is 3. The number of amides is 1. The molecule has 2 aromatic heterocycles. The first-order valence-electron chi connectivity index (χ1n) is 5.21. The van der Waals surface area contributed by atoms with Crippen LogP contribution >= 0.6 is 0 Å². The maximum atomic E-state index is 11.9. The van der Waals surface area contributed by atoms with Gasteiger partial charge in [0.2, 0.25) is 0 Å². The van der Waals surface area contributed by atoms with Gasteiger partial charge in [0.25, 0.3) is 5.91 Å². The van der Waals surface area contributed by atoms with Crippen LogP contribution in [0.3, 0.4) is 0 Å². The van der Waals surface area contributed by atoms with Gasteiger partial charge in [-0.1, -0.05) is 0 Å². The molecule has 7 heteroatoms. The number of H-pyrrole nitrogens is 1. The standard InChI is InChI=1S/C11H12N4O3/c1-6-3-4-8(15(6)2)10(16)12-9-5-7(11(17)18)13-14-9/h3-5H,1-2H3,(H,17,18)(H2,12,13,14,16). The monoisotopic (exact) mass is 248 g/mol. The van der Waals surface area contributed by atoms with E-state index < -0.39 is 5.97 Å². The Hall–Kier alpha value is -2.57. The third-order valence-electron chi connectivity index (χ3n) is 2.66. The lowest BCUT2D eigenvalue weighted by atomic mass is 10.4. The lowest BCUT2D eigenvalue weighted by Crippen LogP contribution is -2.16. The first kappa shape index (κ1) is 11.9. The average molecular weight is 248 g/mol. The van der Waals surface area contributed by atoms with E-state index in [0.717, 1.165) is 5.69 Å². The van der Waals surface area contributed by atoms with E-state index in [1.165, 1.54) is 6.07 Å². The number of anilines is 1. The predicted molar refractivity (Wildman–Crippen MR) is 63.7 cm³/mol. The molecular formula is C11H12N4O3. The van der Waals surface area contributed by atoms with Crippen LogP contribution < -0.4 is 5.32 Å². The maximum Gasteiger partial charge on any atom is 0.353 e. The van der Waals surface area contributed by atoms with E-state index >= 15 is 0 Å². The predicted octanol–water partition coefficient (Wildman–Crippen LogP) is 1.01. The van der Waals surface area contributed by atoms with Crippen molar-refractivity contribution in [3.63, 3.8) is 0 Å². The maximum absolute atomic E-state index is 11.9. The van der Waals surface area contributed by atoms with Gasteiger partial charge in [0.05, 0.1) is 0 Å². The van der Waals surface area contributed by atoms with Crippen molar-refractivity contribution in [2.24, 2.45) is 7.05 Å². The van der Waals surface area contributed by atoms with Crippen LogP contribution in [0.4, 0.5) is 5.82 Å². The van der Waals surface area contributed by atoms with Gasteiger partial charge < -0.3 is 15.0 Å². The first-order chi connectivity index (χ1) is 8.49. The summed E-state index contributed by atoms with van der Waals surface area (Å²) in [6, 6.07) is 4.77. The zero-order chi connectivity index (χ0) is 13.3. The number of hydrogen-bond acceptors (Lipinski definition) is 3. The smallest absolute Gasteiger partial charge is 0.353 e. The lowest BCUT2D eigenvalue weighted by molar-refractivity contribution is 0.0690. The number of carbonyl (C=O) groups excluding carboxylic acids is 1. The summed E-state index contributed by atoms with van der Waals surface area (Å²) in [5.41, 5.74) is 1.36. The molecule has 18 heavy (non-hydrogen) atoms. The van der Waals surface area contributed by atoms with Crippen molar-refractivity contribution >= 4 is 17.7 Å². The van der Waals surface area contributed by atoms with Crippen LogP contribution in [0.2, 0.25) is 0 Å². The number of rotatable bonds is 3. The Bertz CT molecular complexity index is 612. The molecule has 0 bridgehead atoms. The molecule has 0 spiro atoms.